The summed E-state index contributed by atoms with van der Waals surface area (Å²) in [7, 11) is 0. The van der Waals surface area contributed by atoms with E-state index in [0.717, 1.165) is 19.4 Å². The molecule has 1 heterocycles. The molecule has 2 N–H and O–H groups in total. The van der Waals surface area contributed by atoms with Gasteiger partial charge >= 0.3 is 0 Å². The summed E-state index contributed by atoms with van der Waals surface area (Å²) in [6.45, 7) is 6.85. The van der Waals surface area contributed by atoms with Gasteiger partial charge in [-0.2, -0.15) is 0 Å². The maximum atomic E-state index is 12.0. The highest BCUT2D eigenvalue weighted by Crippen LogP contribution is 2.19. The Balaban J connectivity index is 0.00000256. The van der Waals surface area contributed by atoms with E-state index in [1.165, 1.54) is 6.42 Å². The van der Waals surface area contributed by atoms with Crippen LogP contribution in [0.5, 0.6) is 0 Å². The van der Waals surface area contributed by atoms with Crippen LogP contribution in [0.4, 0.5) is 0 Å². The molecule has 0 aromatic carbocycles. The van der Waals surface area contributed by atoms with Crippen molar-refractivity contribution < 1.29 is 9.53 Å². The summed E-state index contributed by atoms with van der Waals surface area (Å²) in [5, 5.41) is 0. The normalized spacial score (nSPS) is 22.2. The van der Waals surface area contributed by atoms with Crippen molar-refractivity contribution >= 4 is 18.3 Å². The number of nitrogens with zero attached hydrogens (tertiary/aromatic N) is 1. The summed E-state index contributed by atoms with van der Waals surface area (Å²) < 4.78 is 5.35. The minimum Gasteiger partial charge on any atom is -0.369 e. The van der Waals surface area contributed by atoms with Crippen molar-refractivity contribution in [1.29, 1.82) is 0 Å². The van der Waals surface area contributed by atoms with Gasteiger partial charge in [0.05, 0.1) is 6.10 Å². The first kappa shape index (κ1) is 16.7. The highest BCUT2D eigenvalue weighted by atomic mass is 35.5. The van der Waals surface area contributed by atoms with Gasteiger partial charge in [-0.1, -0.05) is 0 Å². The third kappa shape index (κ3) is 5.23. The lowest BCUT2D eigenvalue weighted by molar-refractivity contribution is -0.141. The molecule has 2 atom stereocenters. The van der Waals surface area contributed by atoms with Gasteiger partial charge in [0.15, 0.2) is 0 Å². The maximum Gasteiger partial charge on any atom is 0.248 e. The van der Waals surface area contributed by atoms with Gasteiger partial charge in [-0.25, -0.2) is 0 Å². The van der Waals surface area contributed by atoms with Crippen LogP contribution in [0.2, 0.25) is 0 Å². The lowest BCUT2D eigenvalue weighted by Crippen LogP contribution is -2.52. The molecule has 0 spiro atoms. The van der Waals surface area contributed by atoms with Crippen molar-refractivity contribution in [3.05, 3.63) is 0 Å². The van der Waals surface area contributed by atoms with E-state index in [-0.39, 0.29) is 43.1 Å². The summed E-state index contributed by atoms with van der Waals surface area (Å²) in [5.41, 5.74) is 5.92. The van der Waals surface area contributed by atoms with Crippen molar-refractivity contribution in [1.82, 2.24) is 4.90 Å². The average molecular weight is 265 g/mol. The number of carbonyl (C=O) groups excluding carboxylic acids is 1. The van der Waals surface area contributed by atoms with Gasteiger partial charge in [-0.05, 0) is 40.0 Å². The van der Waals surface area contributed by atoms with Crippen molar-refractivity contribution in [3.63, 3.8) is 0 Å². The third-order valence-electron chi connectivity index (χ3n) is 3.02. The molecule has 1 fully saturated rings. The van der Waals surface area contributed by atoms with Crippen LogP contribution in [0.1, 0.15) is 40.0 Å². The Kier molecular flexibility index (Phi) is 7.75. The minimum absolute atomic E-state index is 0. The number of amides is 1. The summed E-state index contributed by atoms with van der Waals surface area (Å²) in [6, 6.07) is 0.236. The number of nitrogens with two attached hydrogens (primary N) is 1. The van der Waals surface area contributed by atoms with Gasteiger partial charge < -0.3 is 15.4 Å². The summed E-state index contributed by atoms with van der Waals surface area (Å²) in [5.74, 6) is 0.0794. The molecule has 0 bridgehead atoms. The van der Waals surface area contributed by atoms with Crippen LogP contribution in [0.3, 0.4) is 0 Å². The number of hydrogen-bond donors (Lipinski definition) is 1. The zero-order valence-electron chi connectivity index (χ0n) is 11.0. The Morgan fingerprint density at radius 1 is 1.41 bits per heavy atom. The standard InChI is InChI=1S/C12H24N2O2.ClH/c1-9(2)16-8-12(15)14-7-5-4-6-11(14)10(3)13;/h9-11H,4-8,13H2,1-3H3;1H. The zero-order valence-corrected chi connectivity index (χ0v) is 11.8. The van der Waals surface area contributed by atoms with Crippen LogP contribution >= 0.6 is 12.4 Å². The van der Waals surface area contributed by atoms with Crippen molar-refractivity contribution in [3.8, 4) is 0 Å². The van der Waals surface area contributed by atoms with Crippen LogP contribution in [0.25, 0.3) is 0 Å². The Morgan fingerprint density at radius 2 is 2.06 bits per heavy atom. The Morgan fingerprint density at radius 3 is 2.59 bits per heavy atom. The molecule has 0 aromatic rings. The smallest absolute Gasteiger partial charge is 0.248 e. The molecule has 17 heavy (non-hydrogen) atoms. The molecule has 1 amide bonds. The molecule has 5 heteroatoms. The fourth-order valence-corrected chi connectivity index (χ4v) is 2.13. The van der Waals surface area contributed by atoms with Gasteiger partial charge in [0.25, 0.3) is 0 Å². The van der Waals surface area contributed by atoms with E-state index in [1.807, 2.05) is 25.7 Å². The van der Waals surface area contributed by atoms with E-state index in [2.05, 4.69) is 0 Å². The Hall–Kier alpha value is -0.320. The van der Waals surface area contributed by atoms with Crippen LogP contribution < -0.4 is 5.73 Å². The Bertz CT molecular complexity index is 235. The molecule has 0 saturated carbocycles. The second kappa shape index (κ2) is 7.90. The lowest BCUT2D eigenvalue weighted by atomic mass is 9.97. The number of piperidine rings is 1. The SMILES string of the molecule is CC(C)OCC(=O)N1CCCCC1C(C)N.Cl. The van der Waals surface area contributed by atoms with E-state index in [1.54, 1.807) is 0 Å². The fourth-order valence-electron chi connectivity index (χ4n) is 2.13. The molecule has 1 aliphatic rings. The molecule has 0 aliphatic carbocycles. The van der Waals surface area contributed by atoms with Crippen LogP contribution in [0.15, 0.2) is 0 Å². The van der Waals surface area contributed by atoms with E-state index < -0.39 is 0 Å². The van der Waals surface area contributed by atoms with E-state index in [9.17, 15) is 4.79 Å². The highest BCUT2D eigenvalue weighted by Gasteiger charge is 2.28. The largest absolute Gasteiger partial charge is 0.369 e. The highest BCUT2D eigenvalue weighted by molar-refractivity contribution is 5.85. The molecule has 1 aliphatic heterocycles. The van der Waals surface area contributed by atoms with Crippen molar-refractivity contribution in [2.24, 2.45) is 5.73 Å². The average Bonchev–Trinajstić information content (AvgIpc) is 2.25. The molecule has 102 valence electrons. The molecule has 1 rings (SSSR count). The van der Waals surface area contributed by atoms with E-state index in [4.69, 9.17) is 10.5 Å². The zero-order chi connectivity index (χ0) is 12.1. The van der Waals surface area contributed by atoms with Crippen LogP contribution in [0, 0.1) is 0 Å². The van der Waals surface area contributed by atoms with Gasteiger partial charge in [0, 0.05) is 18.6 Å². The number of rotatable bonds is 4. The summed E-state index contributed by atoms with van der Waals surface area (Å²) in [6.07, 6.45) is 3.37. The number of likely N-dealkylation sites (tertiary alicyclic amines) is 1. The molecule has 0 aromatic heterocycles. The quantitative estimate of drug-likeness (QED) is 0.839. The molecule has 1 saturated heterocycles. The predicted octanol–water partition coefficient (Wildman–Crippen LogP) is 1.56. The second-order valence-corrected chi connectivity index (χ2v) is 4.87. The lowest BCUT2D eigenvalue weighted by Gasteiger charge is -2.38. The maximum absolute atomic E-state index is 12.0. The topological polar surface area (TPSA) is 55.6 Å². The Labute approximate surface area is 110 Å². The molecule has 0 radical (unpaired) electrons. The summed E-state index contributed by atoms with van der Waals surface area (Å²) >= 11 is 0. The number of hydrogen-bond acceptors (Lipinski definition) is 3. The predicted molar refractivity (Wildman–Crippen MR) is 71.3 cm³/mol. The molecule has 4 nitrogen and oxygen atoms in total. The van der Waals surface area contributed by atoms with Crippen LogP contribution in [-0.2, 0) is 9.53 Å². The molecular weight excluding hydrogens is 240 g/mol. The fraction of sp³-hybridized carbons (Fsp3) is 0.917. The van der Waals surface area contributed by atoms with Gasteiger partial charge in [-0.3, -0.25) is 4.79 Å². The molecular formula is C12H25ClN2O2. The first-order valence-corrected chi connectivity index (χ1v) is 6.19. The minimum atomic E-state index is 0. The van der Waals surface area contributed by atoms with Crippen LogP contribution in [-0.4, -0.2) is 42.1 Å². The summed E-state index contributed by atoms with van der Waals surface area (Å²) in [4.78, 5) is 13.9. The number of carbonyl (C=O) groups is 1. The van der Waals surface area contributed by atoms with E-state index >= 15 is 0 Å². The number of halogens is 1. The first-order valence-electron chi connectivity index (χ1n) is 6.19. The first-order chi connectivity index (χ1) is 7.52. The van der Waals surface area contributed by atoms with Crippen molar-refractivity contribution in [2.75, 3.05) is 13.2 Å². The van der Waals surface area contributed by atoms with E-state index in [0.29, 0.717) is 0 Å². The number of ether oxygens (including phenoxy) is 1. The third-order valence-corrected chi connectivity index (χ3v) is 3.02. The van der Waals surface area contributed by atoms with Crippen molar-refractivity contribution in [2.45, 2.75) is 58.2 Å². The monoisotopic (exact) mass is 264 g/mol. The van der Waals surface area contributed by atoms with Gasteiger partial charge in [0.1, 0.15) is 6.61 Å². The van der Waals surface area contributed by atoms with Gasteiger partial charge in [-0.15, -0.1) is 12.4 Å². The second-order valence-electron chi connectivity index (χ2n) is 4.87. The van der Waals surface area contributed by atoms with Gasteiger partial charge in [0.2, 0.25) is 5.91 Å². The molecule has 2 unspecified atom stereocenters.